The summed E-state index contributed by atoms with van der Waals surface area (Å²) in [5, 5.41) is 3.06. The van der Waals surface area contributed by atoms with Gasteiger partial charge in [0.2, 0.25) is 0 Å². The number of nitrogens with one attached hydrogen (secondary N) is 2. The van der Waals surface area contributed by atoms with Crippen molar-refractivity contribution in [2.24, 2.45) is 0 Å². The van der Waals surface area contributed by atoms with Gasteiger partial charge in [0.25, 0.3) is 0 Å². The number of hydrogen-bond donors (Lipinski definition) is 2. The van der Waals surface area contributed by atoms with Crippen LogP contribution >= 0.6 is 0 Å². The maximum absolute atomic E-state index is 13.5. The predicted molar refractivity (Wildman–Crippen MR) is 110 cm³/mol. The summed E-state index contributed by atoms with van der Waals surface area (Å²) in [4.78, 5) is 9.74. The first kappa shape index (κ1) is 18.1. The molecule has 1 aromatic heterocycles. The molecular weight excluding hydrogens is 375 g/mol. The smallest absolute Gasteiger partial charge is 0.182 e. The summed E-state index contributed by atoms with van der Waals surface area (Å²) in [6, 6.07) is 20.8. The van der Waals surface area contributed by atoms with E-state index in [2.05, 4.69) is 20.0 Å². The average Bonchev–Trinajstić information content (AvgIpc) is 2.69. The van der Waals surface area contributed by atoms with Gasteiger partial charge in [-0.1, -0.05) is 35.9 Å². The molecule has 4 rings (SSSR count). The van der Waals surface area contributed by atoms with Gasteiger partial charge < -0.3 is 5.32 Å². The Morgan fingerprint density at radius 1 is 0.857 bits per heavy atom. The molecule has 7 heteroatoms. The lowest BCUT2D eigenvalue weighted by Crippen LogP contribution is -2.10. The summed E-state index contributed by atoms with van der Waals surface area (Å²) in [6.45, 7) is 1.97. The van der Waals surface area contributed by atoms with Crippen molar-refractivity contribution in [3.05, 3.63) is 84.2 Å². The lowest BCUT2D eigenvalue weighted by atomic mass is 10.2. The summed E-state index contributed by atoms with van der Waals surface area (Å²) >= 11 is 0. The highest BCUT2D eigenvalue weighted by atomic mass is 32.2. The van der Waals surface area contributed by atoms with Crippen LogP contribution in [0.15, 0.2) is 77.7 Å². The Labute approximate surface area is 164 Å². The van der Waals surface area contributed by atoms with Gasteiger partial charge in [0, 0.05) is 5.69 Å². The molecule has 0 aliphatic heterocycles. The van der Waals surface area contributed by atoms with Gasteiger partial charge in [0.15, 0.2) is 22.6 Å². The highest BCUT2D eigenvalue weighted by Gasteiger charge is 2.13. The SMILES string of the molecule is Cc1ccc(S(=O)Nc2nc3ccccc3nc2Nc2cccc(F)c2)cc1. The van der Waals surface area contributed by atoms with E-state index in [1.54, 1.807) is 24.3 Å². The van der Waals surface area contributed by atoms with Crippen LogP contribution in [0.3, 0.4) is 0 Å². The molecule has 0 radical (unpaired) electrons. The van der Waals surface area contributed by atoms with Crippen LogP contribution in [0.25, 0.3) is 11.0 Å². The third-order valence-electron chi connectivity index (χ3n) is 4.08. The van der Waals surface area contributed by atoms with Gasteiger partial charge in [-0.05, 0) is 49.4 Å². The Balaban J connectivity index is 1.72. The molecule has 1 unspecified atom stereocenters. The Kier molecular flexibility index (Phi) is 4.99. The quantitative estimate of drug-likeness (QED) is 0.504. The standard InChI is InChI=1S/C21H17FN4OS/c1-14-9-11-17(12-10-14)28(27)26-21-20(23-16-6-4-5-15(22)13-16)24-18-7-2-3-8-19(18)25-21/h2-13H,1H3,(H,23,24)(H,25,26). The molecule has 4 aromatic rings. The molecule has 1 atom stereocenters. The summed E-state index contributed by atoms with van der Waals surface area (Å²) < 4.78 is 29.2. The fourth-order valence-electron chi connectivity index (χ4n) is 2.67. The largest absolute Gasteiger partial charge is 0.337 e. The van der Waals surface area contributed by atoms with E-state index in [1.807, 2.05) is 43.3 Å². The van der Waals surface area contributed by atoms with E-state index in [1.165, 1.54) is 12.1 Å². The Morgan fingerprint density at radius 2 is 1.54 bits per heavy atom. The van der Waals surface area contributed by atoms with E-state index in [0.29, 0.717) is 33.3 Å². The first-order valence-electron chi connectivity index (χ1n) is 8.63. The number of halogens is 1. The number of aromatic nitrogens is 2. The van der Waals surface area contributed by atoms with Crippen molar-refractivity contribution in [1.82, 2.24) is 9.97 Å². The van der Waals surface area contributed by atoms with Crippen LogP contribution in [-0.2, 0) is 11.0 Å². The molecule has 0 saturated carbocycles. The molecule has 0 aliphatic carbocycles. The van der Waals surface area contributed by atoms with E-state index in [4.69, 9.17) is 0 Å². The number of aryl methyl sites for hydroxylation is 1. The third-order valence-corrected chi connectivity index (χ3v) is 5.16. The fourth-order valence-corrected chi connectivity index (χ4v) is 3.49. The molecule has 2 N–H and O–H groups in total. The number of para-hydroxylation sites is 2. The van der Waals surface area contributed by atoms with Gasteiger partial charge in [-0.15, -0.1) is 0 Å². The minimum absolute atomic E-state index is 0.321. The molecule has 5 nitrogen and oxygen atoms in total. The van der Waals surface area contributed by atoms with Crippen LogP contribution < -0.4 is 10.0 Å². The number of fused-ring (bicyclic) bond motifs is 1. The molecule has 0 fully saturated rings. The van der Waals surface area contributed by atoms with Crippen molar-refractivity contribution in [3.63, 3.8) is 0 Å². The number of benzene rings is 3. The number of rotatable bonds is 5. The second-order valence-corrected chi connectivity index (χ2v) is 7.44. The minimum Gasteiger partial charge on any atom is -0.337 e. The van der Waals surface area contributed by atoms with Gasteiger partial charge in [0.05, 0.1) is 15.9 Å². The molecular formula is C21H17FN4OS. The van der Waals surface area contributed by atoms with Crippen molar-refractivity contribution >= 4 is 39.3 Å². The van der Waals surface area contributed by atoms with Crippen molar-refractivity contribution < 1.29 is 8.60 Å². The summed E-state index contributed by atoms with van der Waals surface area (Å²) in [7, 11) is -1.52. The van der Waals surface area contributed by atoms with Gasteiger partial charge in [-0.25, -0.2) is 18.6 Å². The fraction of sp³-hybridized carbons (Fsp3) is 0.0476. The highest BCUT2D eigenvalue weighted by Crippen LogP contribution is 2.26. The van der Waals surface area contributed by atoms with Crippen LogP contribution in [0.5, 0.6) is 0 Å². The zero-order chi connectivity index (χ0) is 19.5. The van der Waals surface area contributed by atoms with Crippen LogP contribution in [0.2, 0.25) is 0 Å². The zero-order valence-corrected chi connectivity index (χ0v) is 15.8. The van der Waals surface area contributed by atoms with Gasteiger partial charge in [0.1, 0.15) is 5.82 Å². The Bertz CT molecular complexity index is 1160. The first-order valence-corrected chi connectivity index (χ1v) is 9.78. The van der Waals surface area contributed by atoms with E-state index in [-0.39, 0.29) is 5.82 Å². The van der Waals surface area contributed by atoms with Crippen LogP contribution in [0.4, 0.5) is 21.7 Å². The topological polar surface area (TPSA) is 66.9 Å². The van der Waals surface area contributed by atoms with Crippen LogP contribution in [0.1, 0.15) is 5.56 Å². The number of hydrogen-bond acceptors (Lipinski definition) is 4. The van der Waals surface area contributed by atoms with E-state index in [0.717, 1.165) is 5.56 Å². The Morgan fingerprint density at radius 3 is 2.21 bits per heavy atom. The monoisotopic (exact) mass is 392 g/mol. The van der Waals surface area contributed by atoms with Crippen molar-refractivity contribution in [2.75, 3.05) is 10.0 Å². The second kappa shape index (κ2) is 7.74. The van der Waals surface area contributed by atoms with Crippen LogP contribution in [0, 0.1) is 12.7 Å². The summed E-state index contributed by atoms with van der Waals surface area (Å²) in [6.07, 6.45) is 0. The van der Waals surface area contributed by atoms with Crippen molar-refractivity contribution in [3.8, 4) is 0 Å². The third kappa shape index (κ3) is 3.99. The molecule has 0 amide bonds. The lowest BCUT2D eigenvalue weighted by molar-refractivity contribution is 0.628. The maximum atomic E-state index is 13.5. The van der Waals surface area contributed by atoms with Gasteiger partial charge in [-0.2, -0.15) is 0 Å². The van der Waals surface area contributed by atoms with Crippen molar-refractivity contribution in [2.45, 2.75) is 11.8 Å². The van der Waals surface area contributed by atoms with Crippen molar-refractivity contribution in [1.29, 1.82) is 0 Å². The molecule has 0 spiro atoms. The molecule has 0 aliphatic rings. The van der Waals surface area contributed by atoms with E-state index < -0.39 is 11.0 Å². The second-order valence-electron chi connectivity index (χ2n) is 6.23. The Hall–Kier alpha value is -3.32. The molecule has 140 valence electrons. The highest BCUT2D eigenvalue weighted by molar-refractivity contribution is 7.86. The van der Waals surface area contributed by atoms with Gasteiger partial charge in [-0.3, -0.25) is 4.72 Å². The lowest BCUT2D eigenvalue weighted by Gasteiger charge is -2.13. The van der Waals surface area contributed by atoms with Crippen LogP contribution in [-0.4, -0.2) is 14.2 Å². The molecule has 3 aromatic carbocycles. The molecule has 1 heterocycles. The summed E-state index contributed by atoms with van der Waals surface area (Å²) in [5.41, 5.74) is 2.94. The number of nitrogens with zero attached hydrogens (tertiary/aromatic N) is 2. The average molecular weight is 392 g/mol. The minimum atomic E-state index is -1.52. The molecule has 0 saturated heterocycles. The van der Waals surface area contributed by atoms with E-state index in [9.17, 15) is 8.60 Å². The molecule has 28 heavy (non-hydrogen) atoms. The normalized spacial score (nSPS) is 11.9. The van der Waals surface area contributed by atoms with Gasteiger partial charge >= 0.3 is 0 Å². The van der Waals surface area contributed by atoms with E-state index >= 15 is 0 Å². The predicted octanol–water partition coefficient (Wildman–Crippen LogP) is 4.96. The maximum Gasteiger partial charge on any atom is 0.182 e. The first-order chi connectivity index (χ1) is 13.6. The summed E-state index contributed by atoms with van der Waals surface area (Å²) in [5.74, 6) is 0.322. The number of anilines is 3. The molecule has 0 bridgehead atoms. The zero-order valence-electron chi connectivity index (χ0n) is 15.0.